The molecule has 2 rings (SSSR count). The fourth-order valence-corrected chi connectivity index (χ4v) is 2.50. The third-order valence-electron chi connectivity index (χ3n) is 4.01. The van der Waals surface area contributed by atoms with Gasteiger partial charge < -0.3 is 14.8 Å². The first-order valence-electron chi connectivity index (χ1n) is 6.98. The molecule has 0 heterocycles. The van der Waals surface area contributed by atoms with E-state index in [2.05, 4.69) is 37.4 Å². The van der Waals surface area contributed by atoms with Crippen LogP contribution in [-0.4, -0.2) is 32.4 Å². The molecular weight excluding hydrogens is 238 g/mol. The highest BCUT2D eigenvalue weighted by Gasteiger charge is 2.22. The van der Waals surface area contributed by atoms with Gasteiger partial charge in [0.05, 0.1) is 12.7 Å². The monoisotopic (exact) mass is 263 g/mol. The second-order valence-corrected chi connectivity index (χ2v) is 5.92. The predicted octanol–water partition coefficient (Wildman–Crippen LogP) is 2.57. The second-order valence-electron chi connectivity index (χ2n) is 5.92. The highest BCUT2D eigenvalue weighted by atomic mass is 16.5. The molecule has 0 saturated heterocycles. The molecule has 1 atom stereocenters. The lowest BCUT2D eigenvalue weighted by molar-refractivity contribution is 0.0207. The summed E-state index contributed by atoms with van der Waals surface area (Å²) < 4.78 is 10.8. The summed E-state index contributed by atoms with van der Waals surface area (Å²) in [6.07, 6.45) is 3.41. The van der Waals surface area contributed by atoms with Gasteiger partial charge in [-0.15, -0.1) is 0 Å². The Morgan fingerprint density at radius 1 is 1.26 bits per heavy atom. The molecular formula is C16H25NO2. The minimum absolute atomic E-state index is 0.103. The molecule has 0 aromatic heterocycles. The molecule has 1 N–H and O–H groups in total. The molecule has 1 aliphatic rings. The Hall–Kier alpha value is -1.06. The van der Waals surface area contributed by atoms with E-state index in [-0.39, 0.29) is 5.60 Å². The van der Waals surface area contributed by atoms with Crippen LogP contribution in [0.3, 0.4) is 0 Å². The van der Waals surface area contributed by atoms with Crippen molar-refractivity contribution in [1.82, 2.24) is 5.32 Å². The highest BCUT2D eigenvalue weighted by molar-refractivity contribution is 5.37. The number of aryl methyl sites for hydroxylation is 1. The zero-order valence-electron chi connectivity index (χ0n) is 12.5. The van der Waals surface area contributed by atoms with Crippen molar-refractivity contribution in [1.29, 1.82) is 0 Å². The summed E-state index contributed by atoms with van der Waals surface area (Å²) >= 11 is 0. The summed E-state index contributed by atoms with van der Waals surface area (Å²) in [6, 6.07) is 6.96. The number of nitrogens with one attached hydrogen (secondary N) is 1. The number of fused-ring (bicyclic) bond motifs is 1. The molecule has 0 fully saturated rings. The molecule has 106 valence electrons. The summed E-state index contributed by atoms with van der Waals surface area (Å²) in [5, 5.41) is 3.63. The maximum Gasteiger partial charge on any atom is 0.119 e. The molecule has 1 aliphatic carbocycles. The second kappa shape index (κ2) is 5.93. The number of ether oxygens (including phenoxy) is 2. The van der Waals surface area contributed by atoms with Gasteiger partial charge in [-0.25, -0.2) is 0 Å². The smallest absolute Gasteiger partial charge is 0.119 e. The first-order chi connectivity index (χ1) is 9.04. The Labute approximate surface area is 116 Å². The number of rotatable bonds is 5. The first kappa shape index (κ1) is 14.4. The van der Waals surface area contributed by atoms with Gasteiger partial charge in [0.15, 0.2) is 0 Å². The van der Waals surface area contributed by atoms with Crippen LogP contribution in [-0.2, 0) is 17.6 Å². The molecule has 0 amide bonds. The summed E-state index contributed by atoms with van der Waals surface area (Å²) in [5.74, 6) is 0.955. The van der Waals surface area contributed by atoms with Crippen LogP contribution < -0.4 is 10.1 Å². The van der Waals surface area contributed by atoms with Crippen LogP contribution in [0.1, 0.15) is 31.4 Å². The van der Waals surface area contributed by atoms with Crippen molar-refractivity contribution in [2.45, 2.75) is 44.8 Å². The molecule has 1 aromatic carbocycles. The van der Waals surface area contributed by atoms with Gasteiger partial charge in [0.25, 0.3) is 0 Å². The maximum atomic E-state index is 5.45. The van der Waals surface area contributed by atoms with E-state index >= 15 is 0 Å². The van der Waals surface area contributed by atoms with Crippen molar-refractivity contribution in [2.24, 2.45) is 0 Å². The van der Waals surface area contributed by atoms with E-state index in [4.69, 9.17) is 9.47 Å². The quantitative estimate of drug-likeness (QED) is 0.885. The SMILES string of the molecule is COc1ccc2c(c1)C[C@@H](NCC(C)(C)OC)CC2. The lowest BCUT2D eigenvalue weighted by Crippen LogP contribution is -2.44. The predicted molar refractivity (Wildman–Crippen MR) is 77.9 cm³/mol. The van der Waals surface area contributed by atoms with E-state index < -0.39 is 0 Å². The molecule has 0 radical (unpaired) electrons. The van der Waals surface area contributed by atoms with Crippen LogP contribution in [0.5, 0.6) is 5.75 Å². The summed E-state index contributed by atoms with van der Waals surface area (Å²) in [6.45, 7) is 5.10. The molecule has 0 unspecified atom stereocenters. The summed E-state index contributed by atoms with van der Waals surface area (Å²) in [5.41, 5.74) is 2.78. The minimum atomic E-state index is -0.103. The molecule has 3 heteroatoms. The average molecular weight is 263 g/mol. The third kappa shape index (κ3) is 3.71. The van der Waals surface area contributed by atoms with E-state index in [1.807, 2.05) is 0 Å². The standard InChI is InChI=1S/C16H25NO2/c1-16(2,19-4)11-17-14-7-5-12-6-8-15(18-3)10-13(12)9-14/h6,8,10,14,17H,5,7,9,11H2,1-4H3/t14-/m0/s1. The van der Waals surface area contributed by atoms with E-state index in [1.54, 1.807) is 14.2 Å². The molecule has 3 nitrogen and oxygen atoms in total. The first-order valence-corrected chi connectivity index (χ1v) is 6.98. The van der Waals surface area contributed by atoms with E-state index in [0.29, 0.717) is 6.04 Å². The lowest BCUT2D eigenvalue weighted by Gasteiger charge is -2.30. The fraction of sp³-hybridized carbons (Fsp3) is 0.625. The molecule has 0 aliphatic heterocycles. The van der Waals surface area contributed by atoms with E-state index in [9.17, 15) is 0 Å². The summed E-state index contributed by atoms with van der Waals surface area (Å²) in [7, 11) is 3.49. The molecule has 0 spiro atoms. The van der Waals surface area contributed by atoms with Crippen molar-refractivity contribution in [3.8, 4) is 5.75 Å². The van der Waals surface area contributed by atoms with E-state index in [1.165, 1.54) is 17.5 Å². The maximum absolute atomic E-state index is 5.45. The molecule has 1 aromatic rings. The number of hydrogen-bond acceptors (Lipinski definition) is 3. The van der Waals surface area contributed by atoms with Crippen molar-refractivity contribution in [2.75, 3.05) is 20.8 Å². The van der Waals surface area contributed by atoms with Crippen LogP contribution >= 0.6 is 0 Å². The topological polar surface area (TPSA) is 30.5 Å². The van der Waals surface area contributed by atoms with Gasteiger partial charge in [0.2, 0.25) is 0 Å². The molecule has 0 bridgehead atoms. The number of hydrogen-bond donors (Lipinski definition) is 1. The van der Waals surface area contributed by atoms with Crippen LogP contribution in [0.4, 0.5) is 0 Å². The van der Waals surface area contributed by atoms with Gasteiger partial charge in [-0.2, -0.15) is 0 Å². The van der Waals surface area contributed by atoms with Gasteiger partial charge in [-0.05, 0) is 56.4 Å². The average Bonchev–Trinajstić information content (AvgIpc) is 2.44. The van der Waals surface area contributed by atoms with Crippen molar-refractivity contribution in [3.63, 3.8) is 0 Å². The summed E-state index contributed by atoms with van der Waals surface area (Å²) in [4.78, 5) is 0. The highest BCUT2D eigenvalue weighted by Crippen LogP contribution is 2.25. The van der Waals surface area contributed by atoms with Crippen LogP contribution in [0, 0.1) is 0 Å². The number of benzene rings is 1. The zero-order chi connectivity index (χ0) is 13.9. The van der Waals surface area contributed by atoms with Crippen LogP contribution in [0.25, 0.3) is 0 Å². The Morgan fingerprint density at radius 3 is 2.74 bits per heavy atom. The van der Waals surface area contributed by atoms with Gasteiger partial charge >= 0.3 is 0 Å². The Kier molecular flexibility index (Phi) is 4.48. The van der Waals surface area contributed by atoms with Gasteiger partial charge in [0, 0.05) is 19.7 Å². The fourth-order valence-electron chi connectivity index (χ4n) is 2.50. The Bertz CT molecular complexity index is 429. The van der Waals surface area contributed by atoms with Crippen LogP contribution in [0.15, 0.2) is 18.2 Å². The van der Waals surface area contributed by atoms with Crippen LogP contribution in [0.2, 0.25) is 0 Å². The van der Waals surface area contributed by atoms with Gasteiger partial charge in [-0.3, -0.25) is 0 Å². The minimum Gasteiger partial charge on any atom is -0.497 e. The largest absolute Gasteiger partial charge is 0.497 e. The van der Waals surface area contributed by atoms with Gasteiger partial charge in [-0.1, -0.05) is 6.07 Å². The Morgan fingerprint density at radius 2 is 2.05 bits per heavy atom. The number of methoxy groups -OCH3 is 2. The Balaban J connectivity index is 1.97. The molecule has 19 heavy (non-hydrogen) atoms. The zero-order valence-corrected chi connectivity index (χ0v) is 12.5. The van der Waals surface area contributed by atoms with Crippen molar-refractivity contribution in [3.05, 3.63) is 29.3 Å². The van der Waals surface area contributed by atoms with Crippen molar-refractivity contribution >= 4 is 0 Å². The van der Waals surface area contributed by atoms with Crippen molar-refractivity contribution < 1.29 is 9.47 Å². The van der Waals surface area contributed by atoms with Gasteiger partial charge in [0.1, 0.15) is 5.75 Å². The normalized spacial score (nSPS) is 19.1. The third-order valence-corrected chi connectivity index (χ3v) is 4.01. The molecule has 0 saturated carbocycles. The lowest BCUT2D eigenvalue weighted by atomic mass is 9.88. The van der Waals surface area contributed by atoms with E-state index in [0.717, 1.165) is 25.1 Å².